The number of nitrogens with one attached hydrogen (secondary N) is 2. The Morgan fingerprint density at radius 3 is 1.64 bits per heavy atom. The van der Waals surface area contributed by atoms with Gasteiger partial charge in [0.1, 0.15) is 0 Å². The average molecular weight is 367 g/mol. The summed E-state index contributed by atoms with van der Waals surface area (Å²) >= 11 is 0. The van der Waals surface area contributed by atoms with Crippen LogP contribution in [0.15, 0.2) is 0 Å². The first-order valence-corrected chi connectivity index (χ1v) is 9.59. The fourth-order valence-electron chi connectivity index (χ4n) is 1.44. The van der Waals surface area contributed by atoms with E-state index in [2.05, 4.69) is 10.6 Å². The number of amides is 1. The van der Waals surface area contributed by atoms with Crippen LogP contribution in [0.3, 0.4) is 0 Å². The molecule has 0 spiro atoms. The van der Waals surface area contributed by atoms with Crippen molar-refractivity contribution in [3.05, 3.63) is 0 Å². The Labute approximate surface area is 155 Å². The SMILES string of the molecule is CC.CC.CCOC(=O)NCCCOCCOCCOCCCNC. The zero-order valence-electron chi connectivity index (χ0n) is 17.3. The number of alkyl carbamates (subject to hydrolysis) is 1. The van der Waals surface area contributed by atoms with E-state index in [1.54, 1.807) is 6.92 Å². The highest BCUT2D eigenvalue weighted by Gasteiger charge is 1.98. The fraction of sp³-hybridized carbons (Fsp3) is 0.944. The summed E-state index contributed by atoms with van der Waals surface area (Å²) in [5.74, 6) is 0. The summed E-state index contributed by atoms with van der Waals surface area (Å²) in [6, 6.07) is 0. The van der Waals surface area contributed by atoms with Gasteiger partial charge in [0, 0.05) is 19.8 Å². The molecule has 0 aliphatic rings. The van der Waals surface area contributed by atoms with Crippen LogP contribution < -0.4 is 10.6 Å². The third-order valence-corrected chi connectivity index (χ3v) is 2.47. The number of ether oxygens (including phenoxy) is 4. The Balaban J connectivity index is -0.00000112. The van der Waals surface area contributed by atoms with E-state index in [0.29, 0.717) is 46.2 Å². The lowest BCUT2D eigenvalue weighted by Crippen LogP contribution is -2.26. The number of hydrogen-bond acceptors (Lipinski definition) is 6. The molecule has 0 bridgehead atoms. The van der Waals surface area contributed by atoms with Gasteiger partial charge < -0.3 is 29.6 Å². The summed E-state index contributed by atoms with van der Waals surface area (Å²) in [6.07, 6.45) is 1.39. The molecule has 0 aromatic heterocycles. The topological polar surface area (TPSA) is 78.1 Å². The Kier molecular flexibility index (Phi) is 35.8. The van der Waals surface area contributed by atoms with Crippen LogP contribution in [0.5, 0.6) is 0 Å². The molecule has 2 N–H and O–H groups in total. The van der Waals surface area contributed by atoms with Gasteiger partial charge in [0.2, 0.25) is 0 Å². The molecule has 25 heavy (non-hydrogen) atoms. The smallest absolute Gasteiger partial charge is 0.407 e. The van der Waals surface area contributed by atoms with E-state index in [1.165, 1.54) is 0 Å². The molecule has 154 valence electrons. The average Bonchev–Trinajstić information content (AvgIpc) is 2.65. The van der Waals surface area contributed by atoms with Gasteiger partial charge in [0.25, 0.3) is 0 Å². The molecular weight excluding hydrogens is 324 g/mol. The quantitative estimate of drug-likeness (QED) is 0.434. The lowest BCUT2D eigenvalue weighted by atomic mass is 10.4. The van der Waals surface area contributed by atoms with E-state index >= 15 is 0 Å². The van der Waals surface area contributed by atoms with Gasteiger partial charge in [-0.05, 0) is 33.4 Å². The van der Waals surface area contributed by atoms with Gasteiger partial charge in [-0.25, -0.2) is 4.79 Å². The monoisotopic (exact) mass is 366 g/mol. The maximum atomic E-state index is 11.0. The van der Waals surface area contributed by atoms with Crippen molar-refractivity contribution in [1.29, 1.82) is 0 Å². The molecule has 0 radical (unpaired) electrons. The molecule has 0 heterocycles. The second-order valence-electron chi connectivity index (χ2n) is 4.30. The molecule has 0 unspecified atom stereocenters. The van der Waals surface area contributed by atoms with Crippen molar-refractivity contribution < 1.29 is 23.7 Å². The Morgan fingerprint density at radius 2 is 1.20 bits per heavy atom. The molecule has 0 aliphatic heterocycles. The van der Waals surface area contributed by atoms with Crippen LogP contribution in [0, 0.1) is 0 Å². The molecular formula is C18H42N2O5. The van der Waals surface area contributed by atoms with Crippen LogP contribution in [0.25, 0.3) is 0 Å². The van der Waals surface area contributed by atoms with E-state index in [-0.39, 0.29) is 6.09 Å². The number of hydrogen-bond donors (Lipinski definition) is 2. The minimum Gasteiger partial charge on any atom is -0.450 e. The van der Waals surface area contributed by atoms with E-state index in [0.717, 1.165) is 26.0 Å². The van der Waals surface area contributed by atoms with E-state index in [4.69, 9.17) is 18.9 Å². The molecule has 1 amide bonds. The van der Waals surface area contributed by atoms with Crippen LogP contribution in [0.2, 0.25) is 0 Å². The maximum absolute atomic E-state index is 11.0. The van der Waals surface area contributed by atoms with E-state index in [9.17, 15) is 4.79 Å². The van der Waals surface area contributed by atoms with Crippen LogP contribution in [-0.4, -0.2) is 72.5 Å². The highest BCUT2D eigenvalue weighted by atomic mass is 16.5. The number of carbonyl (C=O) groups is 1. The largest absolute Gasteiger partial charge is 0.450 e. The van der Waals surface area contributed by atoms with Crippen LogP contribution >= 0.6 is 0 Å². The van der Waals surface area contributed by atoms with Gasteiger partial charge in [-0.2, -0.15) is 0 Å². The van der Waals surface area contributed by atoms with Crippen LogP contribution in [0.4, 0.5) is 4.79 Å². The standard InChI is InChI=1S/C14H30N2O5.2C2H6/c1-3-21-14(17)16-7-5-9-19-11-13-20-12-10-18-8-4-6-15-2;2*1-2/h15H,3-13H2,1-2H3,(H,16,17);2*1-2H3. The number of carbonyl (C=O) groups excluding carboxylic acids is 1. The van der Waals surface area contributed by atoms with E-state index < -0.39 is 0 Å². The second kappa shape index (κ2) is 30.9. The van der Waals surface area contributed by atoms with Gasteiger partial charge in [-0.3, -0.25) is 0 Å². The lowest BCUT2D eigenvalue weighted by Gasteiger charge is -2.07. The molecule has 0 rings (SSSR count). The van der Waals surface area contributed by atoms with Crippen molar-refractivity contribution in [2.45, 2.75) is 47.5 Å². The minimum atomic E-state index is -0.379. The van der Waals surface area contributed by atoms with Crippen molar-refractivity contribution >= 4 is 6.09 Å². The molecule has 0 aliphatic carbocycles. The molecule has 0 saturated heterocycles. The molecule has 0 fully saturated rings. The first kappa shape index (κ1) is 28.9. The third-order valence-electron chi connectivity index (χ3n) is 2.47. The van der Waals surface area contributed by atoms with E-state index in [1.807, 2.05) is 34.7 Å². The normalized spacial score (nSPS) is 9.36. The van der Waals surface area contributed by atoms with Gasteiger partial charge in [0.05, 0.1) is 33.0 Å². The molecule has 7 heteroatoms. The summed E-state index contributed by atoms with van der Waals surface area (Å²) in [7, 11) is 1.93. The molecule has 0 aromatic carbocycles. The summed E-state index contributed by atoms with van der Waals surface area (Å²) < 4.78 is 20.8. The highest BCUT2D eigenvalue weighted by molar-refractivity contribution is 5.66. The first-order chi connectivity index (χ1) is 12.3. The Hall–Kier alpha value is -0.890. The van der Waals surface area contributed by atoms with Gasteiger partial charge in [0.15, 0.2) is 0 Å². The van der Waals surface area contributed by atoms with Crippen molar-refractivity contribution in [2.24, 2.45) is 0 Å². The fourth-order valence-corrected chi connectivity index (χ4v) is 1.44. The first-order valence-electron chi connectivity index (χ1n) is 9.59. The highest BCUT2D eigenvalue weighted by Crippen LogP contribution is 1.86. The van der Waals surface area contributed by atoms with Crippen LogP contribution in [0.1, 0.15) is 47.5 Å². The second-order valence-corrected chi connectivity index (χ2v) is 4.30. The predicted molar refractivity (Wildman–Crippen MR) is 103 cm³/mol. The maximum Gasteiger partial charge on any atom is 0.407 e. The van der Waals surface area contributed by atoms with Gasteiger partial charge in [-0.1, -0.05) is 27.7 Å². The molecule has 0 aromatic rings. The minimum absolute atomic E-state index is 0.379. The Bertz CT molecular complexity index is 232. The number of rotatable bonds is 15. The lowest BCUT2D eigenvalue weighted by molar-refractivity contribution is 0.0139. The Morgan fingerprint density at radius 1 is 0.760 bits per heavy atom. The third kappa shape index (κ3) is 31.4. The zero-order valence-corrected chi connectivity index (χ0v) is 17.3. The summed E-state index contributed by atoms with van der Waals surface area (Å²) in [6.45, 7) is 15.4. The van der Waals surface area contributed by atoms with Crippen LogP contribution in [-0.2, 0) is 18.9 Å². The van der Waals surface area contributed by atoms with Gasteiger partial charge >= 0.3 is 6.09 Å². The zero-order chi connectivity index (χ0) is 19.6. The molecule has 7 nitrogen and oxygen atoms in total. The summed E-state index contributed by atoms with van der Waals surface area (Å²) in [5.41, 5.74) is 0. The summed E-state index contributed by atoms with van der Waals surface area (Å²) in [4.78, 5) is 11.0. The van der Waals surface area contributed by atoms with Crippen molar-refractivity contribution in [1.82, 2.24) is 10.6 Å². The predicted octanol–water partition coefficient (Wildman–Crippen LogP) is 2.83. The van der Waals surface area contributed by atoms with Crippen molar-refractivity contribution in [3.8, 4) is 0 Å². The van der Waals surface area contributed by atoms with Gasteiger partial charge in [-0.15, -0.1) is 0 Å². The van der Waals surface area contributed by atoms with Crippen molar-refractivity contribution in [3.63, 3.8) is 0 Å². The summed E-state index contributed by atoms with van der Waals surface area (Å²) in [5, 5.41) is 5.69. The van der Waals surface area contributed by atoms with Crippen molar-refractivity contribution in [2.75, 3.05) is 66.4 Å². The molecule has 0 saturated carbocycles. The molecule has 0 atom stereocenters.